The summed E-state index contributed by atoms with van der Waals surface area (Å²) < 4.78 is 5.29. The topological polar surface area (TPSA) is 113 Å². The molecule has 0 saturated carbocycles. The van der Waals surface area contributed by atoms with Gasteiger partial charge < -0.3 is 9.84 Å². The van der Waals surface area contributed by atoms with Crippen molar-refractivity contribution >= 4 is 11.7 Å². The molecular weight excluding hydrogens is 264 g/mol. The van der Waals surface area contributed by atoms with E-state index in [4.69, 9.17) is 15.1 Å². The van der Waals surface area contributed by atoms with Crippen molar-refractivity contribution in [1.82, 2.24) is 0 Å². The standard InChI is InChI=1S/C13H14N2O5/c1-13(2,8-14)6-7-20-10-5-3-4-9(15(18)19)11(10)12(16)17/h3-5H,6-7H2,1-2H3,(H,16,17). The van der Waals surface area contributed by atoms with Crippen molar-refractivity contribution in [3.05, 3.63) is 33.9 Å². The van der Waals surface area contributed by atoms with E-state index in [0.29, 0.717) is 6.42 Å². The summed E-state index contributed by atoms with van der Waals surface area (Å²) in [6.45, 7) is 3.55. The third-order valence-corrected chi connectivity index (χ3v) is 2.70. The fourth-order valence-electron chi connectivity index (χ4n) is 1.48. The number of ether oxygens (including phenoxy) is 1. The van der Waals surface area contributed by atoms with Crippen LogP contribution in [0.15, 0.2) is 18.2 Å². The molecule has 0 aliphatic carbocycles. The number of nitriles is 1. The number of nitrogens with zero attached hydrogens (tertiary/aromatic N) is 2. The summed E-state index contributed by atoms with van der Waals surface area (Å²) in [6.07, 6.45) is 0.380. The summed E-state index contributed by atoms with van der Waals surface area (Å²) in [6, 6.07) is 5.91. The third-order valence-electron chi connectivity index (χ3n) is 2.70. The smallest absolute Gasteiger partial charge is 0.346 e. The largest absolute Gasteiger partial charge is 0.492 e. The van der Waals surface area contributed by atoms with Crippen molar-refractivity contribution in [2.45, 2.75) is 20.3 Å². The summed E-state index contributed by atoms with van der Waals surface area (Å²) in [4.78, 5) is 21.2. The summed E-state index contributed by atoms with van der Waals surface area (Å²) in [7, 11) is 0. The van der Waals surface area contributed by atoms with E-state index in [0.717, 1.165) is 6.07 Å². The summed E-state index contributed by atoms with van der Waals surface area (Å²) >= 11 is 0. The number of hydrogen-bond donors (Lipinski definition) is 1. The van der Waals surface area contributed by atoms with Gasteiger partial charge in [0.15, 0.2) is 5.56 Å². The van der Waals surface area contributed by atoms with Crippen LogP contribution in [0.1, 0.15) is 30.6 Å². The molecule has 0 spiro atoms. The van der Waals surface area contributed by atoms with E-state index in [2.05, 4.69) is 6.07 Å². The monoisotopic (exact) mass is 278 g/mol. The zero-order chi connectivity index (χ0) is 15.3. The Morgan fingerprint density at radius 3 is 2.70 bits per heavy atom. The number of aromatic carboxylic acids is 1. The first-order valence-corrected chi connectivity index (χ1v) is 5.83. The average molecular weight is 278 g/mol. The Bertz CT molecular complexity index is 575. The highest BCUT2D eigenvalue weighted by atomic mass is 16.6. The van der Waals surface area contributed by atoms with Crippen LogP contribution in [-0.2, 0) is 0 Å². The highest BCUT2D eigenvalue weighted by molar-refractivity contribution is 5.95. The summed E-state index contributed by atoms with van der Waals surface area (Å²) in [5.74, 6) is -1.49. The van der Waals surface area contributed by atoms with Crippen LogP contribution in [0.2, 0.25) is 0 Å². The number of hydrogen-bond acceptors (Lipinski definition) is 5. The van der Waals surface area contributed by atoms with E-state index in [1.807, 2.05) is 0 Å². The van der Waals surface area contributed by atoms with Gasteiger partial charge >= 0.3 is 5.97 Å². The van der Waals surface area contributed by atoms with Crippen molar-refractivity contribution in [3.8, 4) is 11.8 Å². The van der Waals surface area contributed by atoms with Gasteiger partial charge in [-0.3, -0.25) is 10.1 Å². The first-order valence-electron chi connectivity index (χ1n) is 5.83. The molecule has 0 saturated heterocycles. The molecule has 106 valence electrons. The molecule has 1 aromatic carbocycles. The average Bonchev–Trinajstić information content (AvgIpc) is 2.37. The molecule has 0 fully saturated rings. The van der Waals surface area contributed by atoms with Gasteiger partial charge in [0.2, 0.25) is 0 Å². The van der Waals surface area contributed by atoms with Crippen molar-refractivity contribution in [1.29, 1.82) is 5.26 Å². The van der Waals surface area contributed by atoms with Gasteiger partial charge in [-0.2, -0.15) is 5.26 Å². The Balaban J connectivity index is 2.96. The number of carbonyl (C=O) groups is 1. The van der Waals surface area contributed by atoms with Crippen molar-refractivity contribution in [2.24, 2.45) is 5.41 Å². The maximum atomic E-state index is 11.1. The molecule has 0 unspecified atom stereocenters. The highest BCUT2D eigenvalue weighted by Crippen LogP contribution is 2.29. The van der Waals surface area contributed by atoms with Crippen molar-refractivity contribution < 1.29 is 19.6 Å². The van der Waals surface area contributed by atoms with Crippen LogP contribution in [0.25, 0.3) is 0 Å². The lowest BCUT2D eigenvalue weighted by atomic mass is 9.92. The molecule has 7 nitrogen and oxygen atoms in total. The maximum Gasteiger partial charge on any atom is 0.346 e. The van der Waals surface area contributed by atoms with E-state index in [9.17, 15) is 14.9 Å². The van der Waals surface area contributed by atoms with Crippen LogP contribution in [0, 0.1) is 26.9 Å². The molecule has 1 aromatic rings. The second-order valence-electron chi connectivity index (χ2n) is 4.81. The minimum absolute atomic E-state index is 0.0690. The lowest BCUT2D eigenvalue weighted by Crippen LogP contribution is -2.14. The van der Waals surface area contributed by atoms with Gasteiger partial charge in [0.05, 0.1) is 23.0 Å². The minimum Gasteiger partial charge on any atom is -0.492 e. The van der Waals surface area contributed by atoms with Gasteiger partial charge in [0.1, 0.15) is 5.75 Å². The third kappa shape index (κ3) is 3.68. The van der Waals surface area contributed by atoms with Crippen LogP contribution < -0.4 is 4.74 Å². The second-order valence-corrected chi connectivity index (χ2v) is 4.81. The highest BCUT2D eigenvalue weighted by Gasteiger charge is 2.25. The molecule has 1 rings (SSSR count). The van der Waals surface area contributed by atoms with Crippen LogP contribution in [0.3, 0.4) is 0 Å². The van der Waals surface area contributed by atoms with Crippen molar-refractivity contribution in [2.75, 3.05) is 6.61 Å². The molecule has 0 radical (unpaired) electrons. The molecular formula is C13H14N2O5. The van der Waals surface area contributed by atoms with E-state index >= 15 is 0 Å². The van der Waals surface area contributed by atoms with E-state index in [1.54, 1.807) is 13.8 Å². The number of carboxylic acids is 1. The fourth-order valence-corrected chi connectivity index (χ4v) is 1.48. The van der Waals surface area contributed by atoms with Crippen LogP contribution in [0.4, 0.5) is 5.69 Å². The Hall–Kier alpha value is -2.62. The molecule has 1 N–H and O–H groups in total. The van der Waals surface area contributed by atoms with Gasteiger partial charge in [-0.1, -0.05) is 6.07 Å². The molecule has 7 heteroatoms. The SMILES string of the molecule is CC(C)(C#N)CCOc1cccc([N+](=O)[O-])c1C(=O)O. The molecule has 0 heterocycles. The van der Waals surface area contributed by atoms with Gasteiger partial charge in [-0.05, 0) is 26.3 Å². The summed E-state index contributed by atoms with van der Waals surface area (Å²) in [5, 5.41) is 28.7. The van der Waals surface area contributed by atoms with E-state index in [1.165, 1.54) is 12.1 Å². The summed E-state index contributed by atoms with van der Waals surface area (Å²) in [5.41, 5.74) is -1.61. The molecule has 0 bridgehead atoms. The predicted molar refractivity (Wildman–Crippen MR) is 69.6 cm³/mol. The zero-order valence-corrected chi connectivity index (χ0v) is 11.1. The van der Waals surface area contributed by atoms with E-state index in [-0.39, 0.29) is 12.4 Å². The Morgan fingerprint density at radius 1 is 1.55 bits per heavy atom. The number of benzene rings is 1. The molecule has 0 aliphatic rings. The molecule has 0 amide bonds. The maximum absolute atomic E-state index is 11.1. The second kappa shape index (κ2) is 6.02. The van der Waals surface area contributed by atoms with Gasteiger partial charge in [-0.25, -0.2) is 4.79 Å². The fraction of sp³-hybridized carbons (Fsp3) is 0.385. The minimum atomic E-state index is -1.42. The number of rotatable bonds is 6. The van der Waals surface area contributed by atoms with E-state index < -0.39 is 27.6 Å². The normalized spacial score (nSPS) is 10.7. The van der Waals surface area contributed by atoms with Gasteiger partial charge in [0, 0.05) is 6.07 Å². The Morgan fingerprint density at radius 2 is 2.20 bits per heavy atom. The first-order chi connectivity index (χ1) is 9.28. The number of nitro groups is 1. The lowest BCUT2D eigenvalue weighted by Gasteiger charge is -2.16. The molecule has 0 aliphatic heterocycles. The predicted octanol–water partition coefficient (Wildman–Crippen LogP) is 2.61. The number of carboxylic acid groups (broad SMARTS) is 1. The quantitative estimate of drug-likeness (QED) is 0.632. The first kappa shape index (κ1) is 15.4. The van der Waals surface area contributed by atoms with Crippen LogP contribution in [0.5, 0.6) is 5.75 Å². The zero-order valence-electron chi connectivity index (χ0n) is 11.1. The van der Waals surface area contributed by atoms with Crippen molar-refractivity contribution in [3.63, 3.8) is 0 Å². The number of nitro benzene ring substituents is 1. The van der Waals surface area contributed by atoms with Crippen LogP contribution >= 0.6 is 0 Å². The molecule has 0 atom stereocenters. The van der Waals surface area contributed by atoms with Gasteiger partial charge in [0.25, 0.3) is 5.69 Å². The lowest BCUT2D eigenvalue weighted by molar-refractivity contribution is -0.385. The Kier molecular flexibility index (Phi) is 4.64. The van der Waals surface area contributed by atoms with Crippen LogP contribution in [-0.4, -0.2) is 22.6 Å². The molecule has 20 heavy (non-hydrogen) atoms. The van der Waals surface area contributed by atoms with Gasteiger partial charge in [-0.15, -0.1) is 0 Å². The molecule has 0 aromatic heterocycles. The Labute approximate surface area is 115 Å².